The molecule has 0 spiro atoms. The van der Waals surface area contributed by atoms with Crippen molar-refractivity contribution in [2.24, 2.45) is 0 Å². The van der Waals surface area contributed by atoms with Crippen molar-refractivity contribution in [1.29, 1.82) is 0 Å². The zero-order chi connectivity index (χ0) is 32.2. The van der Waals surface area contributed by atoms with E-state index in [9.17, 15) is 0 Å². The topological polar surface area (TPSA) is 80.9 Å². The first-order valence-corrected chi connectivity index (χ1v) is 24.6. The second-order valence-corrected chi connectivity index (χ2v) is 27.9. The van der Waals surface area contributed by atoms with Gasteiger partial charge in [0, 0.05) is 28.4 Å². The van der Waals surface area contributed by atoms with Crippen LogP contribution in [0.5, 0.6) is 0 Å². The zero-order valence-electron chi connectivity index (χ0n) is 26.9. The van der Waals surface area contributed by atoms with Crippen LogP contribution in [0.3, 0.4) is 0 Å². The van der Waals surface area contributed by atoms with Crippen LogP contribution in [0.4, 0.5) is 0 Å². The molecular weight excluding hydrogens is 620 g/mol. The standard InChI is InChI=1S/2C9H7.2C5H5.C2H7Si.C2H4.4CH4O.2Ti/c2*1-2-5-9-7-3-6-8(9)4-1;2*1-2-4-5-3-1;1-3-2;5*1-2;;/h2*1-7H;2*1-3H,4H2;3H,1-2H3;1H,2H3;4*2H,1H3;;. The van der Waals surface area contributed by atoms with Crippen molar-refractivity contribution >= 4 is 23.1 Å². The Morgan fingerprint density at radius 1 is 0.651 bits per heavy atom. The molecule has 4 nitrogen and oxygen atoms in total. The summed E-state index contributed by atoms with van der Waals surface area (Å²) in [6, 6.07) is 17.8. The van der Waals surface area contributed by atoms with Gasteiger partial charge in [-0.3, -0.25) is 0 Å². The van der Waals surface area contributed by atoms with Crippen molar-refractivity contribution in [3.05, 3.63) is 127 Å². The van der Waals surface area contributed by atoms with Gasteiger partial charge in [0.05, 0.1) is 0 Å². The van der Waals surface area contributed by atoms with Crippen molar-refractivity contribution in [2.75, 3.05) is 28.4 Å². The Labute approximate surface area is 273 Å². The maximum atomic E-state index is 7.00. The zero-order valence-corrected chi connectivity index (χ0v) is 31.2. The molecule has 0 aliphatic heterocycles. The SMILES string of the molecule is CO.CO.CO.CO.C[CH]=[Ti]([C]1=CC=CC1)[CH]1C=Cc2ccccc21.C[SiH](C)[Ti]([C]1=CC=CC1)[CH]1C=Cc2ccccc21. The Balaban J connectivity index is 0.000000350. The molecule has 7 heteroatoms. The van der Waals surface area contributed by atoms with Crippen LogP contribution in [0, 0.1) is 0 Å². The molecule has 4 aliphatic carbocycles. The molecule has 0 fully saturated rings. The molecular formula is C36H51O4SiTi2. The van der Waals surface area contributed by atoms with Crippen molar-refractivity contribution in [2.45, 2.75) is 41.3 Å². The van der Waals surface area contributed by atoms with Crippen LogP contribution in [-0.2, 0) is 34.5 Å². The first kappa shape index (κ1) is 39.3. The van der Waals surface area contributed by atoms with Crippen LogP contribution in [0.25, 0.3) is 12.2 Å². The number of hydrogen-bond acceptors (Lipinski definition) is 4. The number of benzene rings is 2. The molecule has 0 aromatic heterocycles. The van der Waals surface area contributed by atoms with Crippen molar-refractivity contribution in [3.63, 3.8) is 0 Å². The van der Waals surface area contributed by atoms with Crippen molar-refractivity contribution in [1.82, 2.24) is 0 Å². The fourth-order valence-electron chi connectivity index (χ4n) is 5.86. The summed E-state index contributed by atoms with van der Waals surface area (Å²) < 4.78 is 7.53. The molecule has 231 valence electrons. The van der Waals surface area contributed by atoms with E-state index in [4.69, 9.17) is 20.4 Å². The van der Waals surface area contributed by atoms with E-state index >= 15 is 0 Å². The number of allylic oxidation sites excluding steroid dienone is 10. The molecule has 4 aliphatic rings. The first-order valence-electron chi connectivity index (χ1n) is 14.8. The van der Waals surface area contributed by atoms with Crippen molar-refractivity contribution in [3.8, 4) is 0 Å². The molecule has 43 heavy (non-hydrogen) atoms. The van der Waals surface area contributed by atoms with Crippen LogP contribution in [0.1, 0.15) is 50.5 Å². The molecule has 2 atom stereocenters. The maximum absolute atomic E-state index is 7.00. The van der Waals surface area contributed by atoms with Gasteiger partial charge in [0.25, 0.3) is 0 Å². The minimum atomic E-state index is -1.27. The molecule has 0 amide bonds. The van der Waals surface area contributed by atoms with E-state index in [-0.39, 0.29) is 0 Å². The number of aliphatic hydroxyl groups excluding tert-OH is 4. The van der Waals surface area contributed by atoms with E-state index in [0.29, 0.717) is 4.22 Å². The van der Waals surface area contributed by atoms with Crippen molar-refractivity contribution < 1.29 is 55.0 Å². The average Bonchev–Trinajstić information content (AvgIpc) is 3.91. The number of fused-ring (bicyclic) bond motifs is 2. The summed E-state index contributed by atoms with van der Waals surface area (Å²) in [5.41, 5.74) is 6.06. The Morgan fingerprint density at radius 3 is 1.53 bits per heavy atom. The van der Waals surface area contributed by atoms with Gasteiger partial charge < -0.3 is 20.4 Å². The molecule has 2 aromatic rings. The Kier molecular flexibility index (Phi) is 20.7. The molecule has 6 rings (SSSR count). The molecule has 2 unspecified atom stereocenters. The molecule has 0 radical (unpaired) electrons. The van der Waals surface area contributed by atoms with Crippen LogP contribution < -0.4 is 0 Å². The summed E-state index contributed by atoms with van der Waals surface area (Å²) in [5.74, 6) is 0. The van der Waals surface area contributed by atoms with Gasteiger partial charge in [-0.1, -0.05) is 0 Å². The third kappa shape index (κ3) is 10.7. The number of aliphatic hydroxyl groups is 4. The number of rotatable bonds is 5. The summed E-state index contributed by atoms with van der Waals surface area (Å²) in [6.07, 6.45) is 25.9. The fraction of sp³-hybridized carbons (Fsp3) is 0.306. The monoisotopic (exact) mass is 671 g/mol. The van der Waals surface area contributed by atoms with Gasteiger partial charge in [0.15, 0.2) is 0 Å². The van der Waals surface area contributed by atoms with E-state index in [1.165, 1.54) is 24.0 Å². The van der Waals surface area contributed by atoms with Crippen LogP contribution >= 0.6 is 0 Å². The first-order chi connectivity index (χ1) is 21.2. The van der Waals surface area contributed by atoms with Crippen LogP contribution in [0.2, 0.25) is 13.1 Å². The van der Waals surface area contributed by atoms with Gasteiger partial charge in [0.2, 0.25) is 0 Å². The van der Waals surface area contributed by atoms with Gasteiger partial charge in [-0.15, -0.1) is 0 Å². The molecule has 0 bridgehead atoms. The predicted octanol–water partition coefficient (Wildman–Crippen LogP) is 6.67. The quantitative estimate of drug-likeness (QED) is 0.268. The third-order valence-electron chi connectivity index (χ3n) is 7.49. The normalized spacial score (nSPS) is 17.7. The summed E-state index contributed by atoms with van der Waals surface area (Å²) in [5, 5.41) is 28.0. The molecule has 4 N–H and O–H groups in total. The molecule has 0 saturated heterocycles. The average molecular weight is 672 g/mol. The van der Waals surface area contributed by atoms with Gasteiger partial charge in [0.1, 0.15) is 0 Å². The summed E-state index contributed by atoms with van der Waals surface area (Å²) in [4.78, 5) is 0. The Hall–Kier alpha value is -1.76. The van der Waals surface area contributed by atoms with E-state index < -0.39 is 41.2 Å². The second kappa shape index (κ2) is 22.7. The Bertz CT molecular complexity index is 1320. The summed E-state index contributed by atoms with van der Waals surface area (Å²) in [7, 11) is 4.00. The predicted molar refractivity (Wildman–Crippen MR) is 183 cm³/mol. The molecule has 2 aromatic carbocycles. The van der Waals surface area contributed by atoms with Crippen LogP contribution in [0.15, 0.2) is 105 Å². The summed E-state index contributed by atoms with van der Waals surface area (Å²) >= 11 is -2.38. The number of hydrogen-bond donors (Lipinski definition) is 4. The fourth-order valence-corrected chi connectivity index (χ4v) is 23.4. The third-order valence-corrected chi connectivity index (χ3v) is 25.7. The molecule has 0 heterocycles. The Morgan fingerprint density at radius 2 is 1.09 bits per heavy atom. The second-order valence-electron chi connectivity index (χ2n) is 9.93. The van der Waals surface area contributed by atoms with E-state index in [0.717, 1.165) is 32.7 Å². The van der Waals surface area contributed by atoms with E-state index in [1.807, 2.05) is 3.88 Å². The summed E-state index contributed by atoms with van der Waals surface area (Å²) in [6.45, 7) is 6.83. The molecule has 0 saturated carbocycles. The van der Waals surface area contributed by atoms with Gasteiger partial charge >= 0.3 is 226 Å². The van der Waals surface area contributed by atoms with Gasteiger partial charge in [-0.05, 0) is 0 Å². The van der Waals surface area contributed by atoms with E-state index in [2.05, 4.69) is 134 Å². The van der Waals surface area contributed by atoms with Crippen LogP contribution in [-0.4, -0.2) is 59.8 Å². The minimum absolute atomic E-state index is 0.543. The van der Waals surface area contributed by atoms with E-state index in [1.54, 1.807) is 15.0 Å². The van der Waals surface area contributed by atoms with Gasteiger partial charge in [-0.25, -0.2) is 0 Å². The van der Waals surface area contributed by atoms with Gasteiger partial charge in [-0.2, -0.15) is 0 Å².